The highest BCUT2D eigenvalue weighted by Crippen LogP contribution is 2.33. The van der Waals surface area contributed by atoms with Gasteiger partial charge in [0, 0.05) is 6.54 Å². The van der Waals surface area contributed by atoms with E-state index in [0.29, 0.717) is 22.2 Å². The number of alkyl halides is 3. The van der Waals surface area contributed by atoms with Gasteiger partial charge in [0.15, 0.2) is 5.75 Å². The Morgan fingerprint density at radius 3 is 2.30 bits per heavy atom. The third-order valence-corrected chi connectivity index (χ3v) is 2.67. The lowest BCUT2D eigenvalue weighted by Gasteiger charge is -2.09. The van der Waals surface area contributed by atoms with Gasteiger partial charge in [-0.05, 0) is 0 Å². The number of rotatable bonds is 4. The molecule has 0 aromatic carbocycles. The van der Waals surface area contributed by atoms with Crippen LogP contribution in [0.2, 0.25) is 10.0 Å². The van der Waals surface area contributed by atoms with Gasteiger partial charge in [0.05, 0.1) is 13.3 Å². The van der Waals surface area contributed by atoms with Crippen molar-refractivity contribution in [2.45, 2.75) is 6.18 Å². The first-order chi connectivity index (χ1) is 10.6. The molecule has 0 saturated carbocycles. The molecule has 0 atom stereocenters. The van der Waals surface area contributed by atoms with Crippen molar-refractivity contribution in [3.8, 4) is 5.75 Å². The minimum absolute atomic E-state index is 0.144. The molecule has 1 aromatic heterocycles. The van der Waals surface area contributed by atoms with Gasteiger partial charge in [-0.1, -0.05) is 28.4 Å². The van der Waals surface area contributed by atoms with Gasteiger partial charge < -0.3 is 20.4 Å². The molecule has 12 heteroatoms. The molecular formula is C11H12Cl2F3N3O4. The fraction of sp³-hybridized carbons (Fsp3) is 0.364. The molecule has 0 unspecified atom stereocenters. The molecule has 1 aromatic rings. The standard InChI is InChI=1S/C9H11Cl2N3O2.C2HF3O2/c1-15-9-5(10)4-13-8(7(9)11)6(3-12)14-16-2;3-2(4,5)1(6)7/h4H,3,12H2,1-2H3;(H,6,7). The number of nitrogens with zero attached hydrogens (tertiary/aromatic N) is 2. The maximum atomic E-state index is 10.6. The van der Waals surface area contributed by atoms with Crippen LogP contribution in [0.3, 0.4) is 0 Å². The molecule has 3 N–H and O–H groups in total. The van der Waals surface area contributed by atoms with Crippen LogP contribution in [0.1, 0.15) is 5.69 Å². The number of pyridine rings is 1. The molecule has 23 heavy (non-hydrogen) atoms. The lowest BCUT2D eigenvalue weighted by Crippen LogP contribution is -2.21. The van der Waals surface area contributed by atoms with Gasteiger partial charge in [0.1, 0.15) is 28.6 Å². The van der Waals surface area contributed by atoms with Crippen molar-refractivity contribution >= 4 is 34.9 Å². The Kier molecular flexibility index (Phi) is 8.65. The van der Waals surface area contributed by atoms with Crippen molar-refractivity contribution in [2.75, 3.05) is 20.8 Å². The van der Waals surface area contributed by atoms with Crippen LogP contribution in [0.5, 0.6) is 5.75 Å². The fourth-order valence-electron chi connectivity index (χ4n) is 1.12. The highest BCUT2D eigenvalue weighted by Gasteiger charge is 2.38. The predicted molar refractivity (Wildman–Crippen MR) is 77.1 cm³/mol. The van der Waals surface area contributed by atoms with Gasteiger partial charge >= 0.3 is 12.1 Å². The van der Waals surface area contributed by atoms with Crippen LogP contribution >= 0.6 is 23.2 Å². The monoisotopic (exact) mass is 377 g/mol. The highest BCUT2D eigenvalue weighted by molar-refractivity contribution is 6.39. The second kappa shape index (κ2) is 9.38. The summed E-state index contributed by atoms with van der Waals surface area (Å²) in [6.07, 6.45) is -3.66. The summed E-state index contributed by atoms with van der Waals surface area (Å²) in [5, 5.41) is 11.4. The first kappa shape index (κ1) is 21.2. The number of ether oxygens (including phenoxy) is 1. The number of methoxy groups -OCH3 is 1. The van der Waals surface area contributed by atoms with E-state index >= 15 is 0 Å². The van der Waals surface area contributed by atoms with E-state index in [1.807, 2.05) is 0 Å². The van der Waals surface area contributed by atoms with Crippen LogP contribution < -0.4 is 10.5 Å². The molecule has 0 aliphatic rings. The summed E-state index contributed by atoms with van der Waals surface area (Å²) in [5.41, 5.74) is 6.32. The Bertz CT molecular complexity index is 582. The zero-order chi connectivity index (χ0) is 18.2. The van der Waals surface area contributed by atoms with Crippen LogP contribution in [0.25, 0.3) is 0 Å². The summed E-state index contributed by atoms with van der Waals surface area (Å²) in [6, 6.07) is 0. The summed E-state index contributed by atoms with van der Waals surface area (Å²) in [6.45, 7) is 0.144. The van der Waals surface area contributed by atoms with Gasteiger partial charge in [0.2, 0.25) is 0 Å². The van der Waals surface area contributed by atoms with Gasteiger partial charge in [-0.15, -0.1) is 0 Å². The third-order valence-electron chi connectivity index (χ3n) is 2.05. The van der Waals surface area contributed by atoms with E-state index in [1.54, 1.807) is 0 Å². The normalized spacial score (nSPS) is 11.4. The number of hydrogen-bond donors (Lipinski definition) is 2. The van der Waals surface area contributed by atoms with Crippen LogP contribution in [0, 0.1) is 0 Å². The van der Waals surface area contributed by atoms with Crippen molar-refractivity contribution in [1.82, 2.24) is 4.98 Å². The Morgan fingerprint density at radius 1 is 1.43 bits per heavy atom. The maximum Gasteiger partial charge on any atom is 0.490 e. The Hall–Kier alpha value is -1.78. The van der Waals surface area contributed by atoms with E-state index in [9.17, 15) is 13.2 Å². The van der Waals surface area contributed by atoms with Gasteiger partial charge in [0.25, 0.3) is 0 Å². The lowest BCUT2D eigenvalue weighted by atomic mass is 10.2. The lowest BCUT2D eigenvalue weighted by molar-refractivity contribution is -0.192. The van der Waals surface area contributed by atoms with E-state index < -0.39 is 12.1 Å². The molecule has 0 fully saturated rings. The van der Waals surface area contributed by atoms with E-state index in [1.165, 1.54) is 20.4 Å². The summed E-state index contributed by atoms with van der Waals surface area (Å²) in [5.74, 6) is -2.42. The minimum atomic E-state index is -5.08. The Balaban J connectivity index is 0.000000585. The number of aliphatic carboxylic acids is 1. The molecule has 130 valence electrons. The molecule has 0 saturated heterocycles. The number of nitrogens with two attached hydrogens (primary N) is 1. The molecule has 0 bridgehead atoms. The van der Waals surface area contributed by atoms with Crippen molar-refractivity contribution in [3.63, 3.8) is 0 Å². The number of halogens is 5. The number of oxime groups is 1. The Morgan fingerprint density at radius 2 is 1.96 bits per heavy atom. The largest absolute Gasteiger partial charge is 0.493 e. The quantitative estimate of drug-likeness (QED) is 0.615. The van der Waals surface area contributed by atoms with Crippen LogP contribution in [-0.4, -0.2) is 48.7 Å². The first-order valence-electron chi connectivity index (χ1n) is 5.58. The molecule has 0 radical (unpaired) electrons. The first-order valence-corrected chi connectivity index (χ1v) is 6.34. The molecule has 0 spiro atoms. The van der Waals surface area contributed by atoms with Crippen LogP contribution in [0.4, 0.5) is 13.2 Å². The number of hydrogen-bond acceptors (Lipinski definition) is 6. The third kappa shape index (κ3) is 6.47. The molecule has 0 amide bonds. The molecule has 1 rings (SSSR count). The summed E-state index contributed by atoms with van der Waals surface area (Å²) < 4.78 is 36.8. The van der Waals surface area contributed by atoms with Gasteiger partial charge in [-0.2, -0.15) is 13.2 Å². The summed E-state index contributed by atoms with van der Waals surface area (Å²) in [7, 11) is 2.88. The summed E-state index contributed by atoms with van der Waals surface area (Å²) in [4.78, 5) is 17.6. The van der Waals surface area contributed by atoms with Gasteiger partial charge in [-0.3, -0.25) is 4.98 Å². The fourth-order valence-corrected chi connectivity index (χ4v) is 1.73. The minimum Gasteiger partial charge on any atom is -0.493 e. The van der Waals surface area contributed by atoms with Gasteiger partial charge in [-0.25, -0.2) is 4.79 Å². The number of carboxylic acids is 1. The second-order valence-electron chi connectivity index (χ2n) is 3.53. The topological polar surface area (TPSA) is 107 Å². The van der Waals surface area contributed by atoms with Crippen LogP contribution in [0.15, 0.2) is 11.4 Å². The number of carboxylic acid groups (broad SMARTS) is 1. The maximum absolute atomic E-state index is 10.6. The van der Waals surface area contributed by atoms with Crippen molar-refractivity contribution in [2.24, 2.45) is 10.9 Å². The van der Waals surface area contributed by atoms with E-state index in [0.717, 1.165) is 0 Å². The average Bonchev–Trinajstić information content (AvgIpc) is 2.45. The Labute approximate surface area is 138 Å². The second-order valence-corrected chi connectivity index (χ2v) is 4.31. The zero-order valence-corrected chi connectivity index (χ0v) is 13.3. The summed E-state index contributed by atoms with van der Waals surface area (Å²) >= 11 is 11.9. The number of carbonyl (C=O) groups is 1. The number of aromatic nitrogens is 1. The SMILES string of the molecule is CON=C(CN)c1ncc(Cl)c(OC)c1Cl.O=C(O)C(F)(F)F. The zero-order valence-electron chi connectivity index (χ0n) is 11.8. The molecule has 1 heterocycles. The molecule has 0 aliphatic heterocycles. The van der Waals surface area contributed by atoms with Crippen molar-refractivity contribution in [1.29, 1.82) is 0 Å². The molecule has 0 aliphatic carbocycles. The van der Waals surface area contributed by atoms with E-state index in [-0.39, 0.29) is 11.6 Å². The average molecular weight is 378 g/mol. The van der Waals surface area contributed by atoms with Crippen LogP contribution in [-0.2, 0) is 9.63 Å². The smallest absolute Gasteiger partial charge is 0.490 e. The van der Waals surface area contributed by atoms with Crippen molar-refractivity contribution < 1.29 is 32.6 Å². The molecular weight excluding hydrogens is 366 g/mol. The van der Waals surface area contributed by atoms with E-state index in [2.05, 4.69) is 15.0 Å². The van der Waals surface area contributed by atoms with E-state index in [4.69, 9.17) is 43.6 Å². The molecule has 7 nitrogen and oxygen atoms in total. The highest BCUT2D eigenvalue weighted by atomic mass is 35.5. The van der Waals surface area contributed by atoms with Crippen molar-refractivity contribution in [3.05, 3.63) is 21.9 Å². The predicted octanol–water partition coefficient (Wildman–Crippen LogP) is 2.34.